The standard InChI is InChI=1S/C15H24ClN3Si.C14H12ClN3O.C12H14ClN3O2.C12H18ClN3OSi.C11H12ClN3O2.C11H14ClN3O2.C7H16O3.C7H18OSi.C6H4ClN3/c1-10(2)20(11(3)4,12(5)6)19-8-7-13-14(16)17-9-18-15(13)19;15-13-12-6-7-18(14(12)17-9-16-13)10-19-8-11-4-2-1-3-5-11;1-12(2,3)11(17)18-7-16-5-4-8-9(13)14-6-15-10(8)16;1-18(2,3)7-6-17-9-16-5-4-10-11(13)14-8-15-12(10)16;1-11(2,3)17-10(16)15-5-4-7-8(12)13-6-14-9(7)15;1-3-16-11(17-4-2)15-6-5-8-9(12)13-7-14-10(8)15;1-4-8-7(9-5-2)10-6-3;1-5-8-6-7-9(2,3)4;7-5-4-1-2-8-6(4)10-3-9-5/h7-12H,1-6H3;1-7,9H,8,10H2;4-6H,7H2,1-3H3;4-5,8H,6-7,9H2,1-3H3;4-6H,1-3H3;5-7,11H,3-4H2,1-2H3;7H,4-6H2,1-3H3;5-7H2,1-4H3;1-3H,(H,8,9,10). The molecule has 0 saturated heterocycles. The Hall–Kier alpha value is -9.14. The van der Waals surface area contributed by atoms with Crippen molar-refractivity contribution in [1.82, 2.24) is 102 Å². The number of aromatic amines is 1. The molecule has 0 unspecified atom stereocenters. The van der Waals surface area contributed by atoms with Crippen LogP contribution in [0.2, 0.25) is 104 Å². The smallest absolute Gasteiger partial charge is 0.420 e. The van der Waals surface area contributed by atoms with Gasteiger partial charge in [-0.25, -0.2) is 79.1 Å². The molecule has 0 amide bonds. The summed E-state index contributed by atoms with van der Waals surface area (Å²) in [4.78, 5) is 83.2. The van der Waals surface area contributed by atoms with E-state index in [0.29, 0.717) is 128 Å². The highest BCUT2D eigenvalue weighted by Crippen LogP contribution is 2.44. The topological polar surface area (TPSA) is 352 Å². The highest BCUT2D eigenvalue weighted by molar-refractivity contribution is 6.82. The van der Waals surface area contributed by atoms with Crippen molar-refractivity contribution in [3.63, 3.8) is 0 Å². The molecule has 0 saturated carbocycles. The predicted octanol–water partition coefficient (Wildman–Crippen LogP) is 25.2. The van der Waals surface area contributed by atoms with Gasteiger partial charge in [-0.1, -0.05) is 192 Å². The molecule has 0 radical (unpaired) electrons. The lowest BCUT2D eigenvalue weighted by Gasteiger charge is -2.44. The van der Waals surface area contributed by atoms with Crippen molar-refractivity contribution in [2.24, 2.45) is 5.41 Å². The van der Waals surface area contributed by atoms with Crippen LogP contribution >= 0.6 is 81.2 Å². The van der Waals surface area contributed by atoms with Gasteiger partial charge in [0.15, 0.2) is 20.6 Å². The molecule has 1 aromatic carbocycles. The van der Waals surface area contributed by atoms with Gasteiger partial charge in [0, 0.05) is 106 Å². The Balaban J connectivity index is 0.000000214. The molecule has 0 atom stereocenters. The molecule has 750 valence electrons. The minimum Gasteiger partial charge on any atom is -0.443 e. The van der Waals surface area contributed by atoms with Crippen molar-refractivity contribution in [3.8, 4) is 0 Å². The Kier molecular flexibility index (Phi) is 47.4. The number of hydrogen-bond acceptors (Lipinski definition) is 26. The molecule has 0 bridgehead atoms. The van der Waals surface area contributed by atoms with E-state index in [4.69, 9.17) is 129 Å². The SMILES string of the molecule is CC(C)(C)C(=O)OCn1ccc2c(Cl)ncnc21.CC(C)(C)OC(=O)n1ccc2c(Cl)ncnc21.CC(C)[Si](C(C)C)(C(C)C)n1ccc2c(Cl)ncnc21.CCOC(OCC)OCC.CCOC(OCC)n1ccc2c(Cl)ncnc21.CCOCC[Si](C)(C)C.C[Si](C)(C)CCOCn1ccc2c(Cl)ncnc21.Clc1ncnc2[nH]ccc12.Clc1ncnc2c1ccn2COCc1ccccc1. The third-order valence-corrected chi connectivity index (χ3v) is 32.7. The quantitative estimate of drug-likeness (QED) is 0.0144. The molecule has 138 heavy (non-hydrogen) atoms. The first kappa shape index (κ1) is 116. The Labute approximate surface area is 845 Å². The van der Waals surface area contributed by atoms with Gasteiger partial charge in [-0.2, -0.15) is 0 Å². The van der Waals surface area contributed by atoms with Gasteiger partial charge in [0.2, 0.25) is 6.41 Å². The number of fused-ring (bicyclic) bond motifs is 7. The molecule has 0 aliphatic carbocycles. The molecule has 0 fully saturated rings. The van der Waals surface area contributed by atoms with Crippen LogP contribution < -0.4 is 0 Å². The summed E-state index contributed by atoms with van der Waals surface area (Å²) in [6.45, 7) is 57.4. The second kappa shape index (κ2) is 56.5. The van der Waals surface area contributed by atoms with E-state index >= 15 is 0 Å². The van der Waals surface area contributed by atoms with E-state index in [1.54, 1.807) is 67.0 Å². The van der Waals surface area contributed by atoms with Crippen molar-refractivity contribution in [3.05, 3.63) is 202 Å². The fraction of sp³-hybridized carbons (Fsp3) is 0.474. The minimum absolute atomic E-state index is 0.118. The molecule has 0 aliphatic heterocycles. The van der Waals surface area contributed by atoms with E-state index in [2.05, 4.69) is 172 Å². The highest BCUT2D eigenvalue weighted by atomic mass is 35.5. The molecular weight excluding hydrogens is 1960 g/mol. The average Bonchev–Trinajstić information content (AvgIpc) is 1.36. The first-order valence-electron chi connectivity index (χ1n) is 45.5. The second-order valence-electron chi connectivity index (χ2n) is 36.1. The fourth-order valence-corrected chi connectivity index (χ4v) is 23.3. The number of rotatable bonds is 30. The van der Waals surface area contributed by atoms with Gasteiger partial charge in [-0.05, 0) is 166 Å². The molecule has 1 N–H and O–H groups in total. The van der Waals surface area contributed by atoms with E-state index in [9.17, 15) is 9.59 Å². The Bertz CT molecular complexity index is 6160. The zero-order chi connectivity index (χ0) is 102. The van der Waals surface area contributed by atoms with Crippen LogP contribution in [0.25, 0.3) is 77.2 Å². The third kappa shape index (κ3) is 34.9. The number of ether oxygens (including phenoxy) is 10. The van der Waals surface area contributed by atoms with Crippen LogP contribution in [0.3, 0.4) is 0 Å². The van der Waals surface area contributed by atoms with Crippen LogP contribution in [0.1, 0.15) is 137 Å². The molecule has 0 aliphatic rings. The van der Waals surface area contributed by atoms with Gasteiger partial charge >= 0.3 is 12.1 Å². The molecule has 43 heteroatoms. The van der Waals surface area contributed by atoms with Crippen LogP contribution in [-0.2, 0) is 79.0 Å². The zero-order valence-electron chi connectivity index (χ0n) is 83.3. The second-order valence-corrected chi connectivity index (χ2v) is 55.6. The number of halogens is 7. The highest BCUT2D eigenvalue weighted by Gasteiger charge is 2.46. The van der Waals surface area contributed by atoms with E-state index in [1.807, 2.05) is 145 Å². The summed E-state index contributed by atoms with van der Waals surface area (Å²) in [5.41, 5.74) is 7.15. The third-order valence-electron chi connectivity index (χ3n) is 20.4. The normalized spacial score (nSPS) is 11.7. The summed E-state index contributed by atoms with van der Waals surface area (Å²) in [5, 5.41) is 8.83. The van der Waals surface area contributed by atoms with Gasteiger partial charge in [0.05, 0.1) is 49.7 Å². The van der Waals surface area contributed by atoms with Gasteiger partial charge in [0.25, 0.3) is 6.48 Å². The predicted molar refractivity (Wildman–Crippen MR) is 559 cm³/mol. The maximum absolute atomic E-state index is 11.9. The summed E-state index contributed by atoms with van der Waals surface area (Å²) in [5.74, 6) is -0.260. The number of nitrogens with zero attached hydrogens (tertiary/aromatic N) is 20. The van der Waals surface area contributed by atoms with Crippen molar-refractivity contribution in [2.75, 3.05) is 52.9 Å². The molecular formula is C95H132Cl7N21O12Si3. The maximum atomic E-state index is 11.9. The number of aromatic nitrogens is 21. The number of carbonyl (C=O) groups excluding carboxylic acids is 2. The maximum Gasteiger partial charge on any atom is 0.420 e. The first-order chi connectivity index (χ1) is 65.5. The van der Waals surface area contributed by atoms with E-state index in [-0.39, 0.29) is 12.7 Å². The lowest BCUT2D eigenvalue weighted by Crippen LogP contribution is -2.51. The van der Waals surface area contributed by atoms with Crippen molar-refractivity contribution >= 4 is 195 Å². The van der Waals surface area contributed by atoms with E-state index in [0.717, 1.165) is 80.3 Å². The Morgan fingerprint density at radius 1 is 0.391 bits per heavy atom. The summed E-state index contributed by atoms with van der Waals surface area (Å²) in [6, 6.07) is 25.6. The van der Waals surface area contributed by atoms with Crippen LogP contribution in [0.5, 0.6) is 0 Å². The average molecular weight is 2090 g/mol. The summed E-state index contributed by atoms with van der Waals surface area (Å²) < 4.78 is 64.5. The Morgan fingerprint density at radius 2 is 0.761 bits per heavy atom. The van der Waals surface area contributed by atoms with Crippen LogP contribution in [0, 0.1) is 5.41 Å². The molecule has 0 spiro atoms. The van der Waals surface area contributed by atoms with E-state index in [1.165, 1.54) is 54.6 Å². The summed E-state index contributed by atoms with van der Waals surface area (Å²) >= 11 is 41.7. The van der Waals surface area contributed by atoms with E-state index < -0.39 is 54.4 Å². The van der Waals surface area contributed by atoms with Gasteiger partial charge in [-0.15, -0.1) is 0 Å². The largest absolute Gasteiger partial charge is 0.443 e. The van der Waals surface area contributed by atoms with Crippen molar-refractivity contribution in [1.29, 1.82) is 0 Å². The van der Waals surface area contributed by atoms with Crippen LogP contribution in [-0.4, -0.2) is 203 Å². The monoisotopic (exact) mass is 2090 g/mol. The number of benzene rings is 1. The lowest BCUT2D eigenvalue weighted by molar-refractivity contribution is -0.282. The number of nitrogens with one attached hydrogen (secondary N) is 1. The van der Waals surface area contributed by atoms with Crippen LogP contribution in [0.15, 0.2) is 160 Å². The van der Waals surface area contributed by atoms with Gasteiger partial charge in [-0.3, -0.25) is 13.9 Å². The molecule has 15 rings (SSSR count). The summed E-state index contributed by atoms with van der Waals surface area (Å²) in [6.07, 6.45) is 22.1. The van der Waals surface area contributed by atoms with Crippen LogP contribution in [0.4, 0.5) is 4.79 Å². The molecule has 14 aromatic heterocycles. The lowest BCUT2D eigenvalue weighted by atomic mass is 9.98. The van der Waals surface area contributed by atoms with Gasteiger partial charge < -0.3 is 65.7 Å². The molecule has 33 nitrogen and oxygen atoms in total. The molecule has 14 heterocycles. The summed E-state index contributed by atoms with van der Waals surface area (Å²) in [7, 11) is -3.61. The number of H-pyrrole nitrogens is 1. The number of esters is 1. The van der Waals surface area contributed by atoms with Crippen molar-refractivity contribution < 1.29 is 57.0 Å². The Morgan fingerprint density at radius 3 is 1.18 bits per heavy atom. The number of hydrogen-bond donors (Lipinski definition) is 1. The zero-order valence-corrected chi connectivity index (χ0v) is 91.6. The van der Waals surface area contributed by atoms with Gasteiger partial charge in [0.1, 0.15) is 133 Å². The number of carbonyl (C=O) groups is 2. The molecule has 15 aromatic rings. The minimum atomic E-state index is -1.77. The first-order valence-corrected chi connectivity index (χ1v) is 57.7. The fourth-order valence-electron chi connectivity index (χ4n) is 13.9. The van der Waals surface area contributed by atoms with Crippen molar-refractivity contribution in [2.45, 2.75) is 238 Å².